The Balaban J connectivity index is 1.60. The number of benzene rings is 1. The molecule has 0 saturated carbocycles. The van der Waals surface area contributed by atoms with Crippen LogP contribution < -0.4 is 10.6 Å². The van der Waals surface area contributed by atoms with E-state index in [1.165, 1.54) is 0 Å². The Hall–Kier alpha value is -2.77. The SMILES string of the molecule is CCNC(=NCc1nc2ccccc2n1C)NC1CCN(C(=O)OCC)CC1. The summed E-state index contributed by atoms with van der Waals surface area (Å²) in [7, 11) is 2.02. The normalized spacial score (nSPS) is 15.7. The standard InChI is InChI=1S/C20H30N6O2/c1-4-21-19(23-15-10-12-26(13-11-15)20(27)28-5-2)22-14-18-24-16-8-6-7-9-17(16)25(18)3/h6-9,15H,4-5,10-14H2,1-3H3,(H2,21,22,23). The van der Waals surface area contributed by atoms with Crippen LogP contribution in [-0.4, -0.2) is 58.8 Å². The first kappa shape index (κ1) is 20.0. The number of carbonyl (C=O) groups is 1. The number of rotatable bonds is 5. The topological polar surface area (TPSA) is 83.8 Å². The van der Waals surface area contributed by atoms with Gasteiger partial charge in [0.25, 0.3) is 0 Å². The second-order valence-electron chi connectivity index (χ2n) is 6.88. The van der Waals surface area contributed by atoms with Gasteiger partial charge in [-0.1, -0.05) is 12.1 Å². The van der Waals surface area contributed by atoms with E-state index < -0.39 is 0 Å². The molecule has 1 saturated heterocycles. The summed E-state index contributed by atoms with van der Waals surface area (Å²) in [4.78, 5) is 23.0. The first-order valence-electron chi connectivity index (χ1n) is 9.99. The van der Waals surface area contributed by atoms with Crippen LogP contribution in [0, 0.1) is 0 Å². The number of amides is 1. The molecule has 0 bridgehead atoms. The summed E-state index contributed by atoms with van der Waals surface area (Å²) in [5, 5.41) is 6.80. The van der Waals surface area contributed by atoms with Crippen molar-refractivity contribution in [1.82, 2.24) is 25.1 Å². The third-order valence-electron chi connectivity index (χ3n) is 4.96. The highest BCUT2D eigenvalue weighted by Gasteiger charge is 2.24. The number of aliphatic imine (C=N–C) groups is 1. The summed E-state index contributed by atoms with van der Waals surface area (Å²) >= 11 is 0. The van der Waals surface area contributed by atoms with Crippen molar-refractivity contribution in [3.8, 4) is 0 Å². The van der Waals surface area contributed by atoms with E-state index in [1.807, 2.05) is 32.2 Å². The predicted octanol–water partition coefficient (Wildman–Crippen LogP) is 2.25. The maximum atomic E-state index is 11.8. The molecular formula is C20H30N6O2. The van der Waals surface area contributed by atoms with Crippen molar-refractivity contribution in [2.45, 2.75) is 39.3 Å². The van der Waals surface area contributed by atoms with Gasteiger partial charge < -0.3 is 24.8 Å². The molecule has 152 valence electrons. The monoisotopic (exact) mass is 386 g/mol. The van der Waals surface area contributed by atoms with Crippen LogP contribution in [0.4, 0.5) is 4.79 Å². The molecule has 1 aliphatic rings. The number of piperidine rings is 1. The summed E-state index contributed by atoms with van der Waals surface area (Å²) in [6.45, 7) is 6.97. The minimum absolute atomic E-state index is 0.219. The Kier molecular flexibility index (Phi) is 6.73. The Morgan fingerprint density at radius 2 is 2.04 bits per heavy atom. The van der Waals surface area contributed by atoms with E-state index in [0.29, 0.717) is 26.2 Å². The zero-order valence-corrected chi connectivity index (χ0v) is 16.9. The van der Waals surface area contributed by atoms with Gasteiger partial charge in [-0.15, -0.1) is 0 Å². The number of imidazole rings is 1. The molecule has 2 heterocycles. The highest BCUT2D eigenvalue weighted by atomic mass is 16.6. The Morgan fingerprint density at radius 1 is 1.29 bits per heavy atom. The number of hydrogen-bond donors (Lipinski definition) is 2. The first-order chi connectivity index (χ1) is 13.6. The number of nitrogens with one attached hydrogen (secondary N) is 2. The van der Waals surface area contributed by atoms with Gasteiger partial charge in [-0.05, 0) is 38.8 Å². The number of carbonyl (C=O) groups excluding carboxylic acids is 1. The van der Waals surface area contributed by atoms with Gasteiger partial charge in [0.2, 0.25) is 0 Å². The highest BCUT2D eigenvalue weighted by molar-refractivity contribution is 5.80. The lowest BCUT2D eigenvalue weighted by Gasteiger charge is -2.32. The van der Waals surface area contributed by atoms with Crippen LogP contribution in [0.5, 0.6) is 0 Å². The number of nitrogens with zero attached hydrogens (tertiary/aromatic N) is 4. The molecule has 1 amide bonds. The van der Waals surface area contributed by atoms with Crippen molar-refractivity contribution in [3.63, 3.8) is 0 Å². The lowest BCUT2D eigenvalue weighted by molar-refractivity contribution is 0.0963. The molecule has 0 spiro atoms. The molecule has 0 aliphatic carbocycles. The zero-order chi connectivity index (χ0) is 19.9. The fourth-order valence-corrected chi connectivity index (χ4v) is 3.42. The third-order valence-corrected chi connectivity index (χ3v) is 4.96. The first-order valence-corrected chi connectivity index (χ1v) is 9.99. The number of aryl methyl sites for hydroxylation is 1. The van der Waals surface area contributed by atoms with E-state index in [0.717, 1.165) is 42.2 Å². The molecule has 0 unspecified atom stereocenters. The van der Waals surface area contributed by atoms with Gasteiger partial charge in [0.1, 0.15) is 12.4 Å². The van der Waals surface area contributed by atoms with Gasteiger partial charge in [-0.2, -0.15) is 0 Å². The number of fused-ring (bicyclic) bond motifs is 1. The predicted molar refractivity (Wildman–Crippen MR) is 110 cm³/mol. The van der Waals surface area contributed by atoms with Crippen molar-refractivity contribution >= 4 is 23.1 Å². The molecule has 8 nitrogen and oxygen atoms in total. The van der Waals surface area contributed by atoms with Gasteiger partial charge in [0.15, 0.2) is 5.96 Å². The molecule has 0 atom stereocenters. The molecule has 1 aromatic carbocycles. The van der Waals surface area contributed by atoms with Crippen LogP contribution in [0.1, 0.15) is 32.5 Å². The maximum Gasteiger partial charge on any atom is 0.409 e. The largest absolute Gasteiger partial charge is 0.450 e. The lowest BCUT2D eigenvalue weighted by Crippen LogP contribution is -2.49. The molecule has 2 N–H and O–H groups in total. The minimum atomic E-state index is -0.219. The number of guanidine groups is 1. The molecule has 1 aliphatic heterocycles. The van der Waals surface area contributed by atoms with Crippen molar-refractivity contribution in [2.75, 3.05) is 26.2 Å². The lowest BCUT2D eigenvalue weighted by atomic mass is 10.1. The fraction of sp³-hybridized carbons (Fsp3) is 0.550. The van der Waals surface area contributed by atoms with Crippen molar-refractivity contribution in [3.05, 3.63) is 30.1 Å². The Bertz CT molecular complexity index is 823. The van der Waals surface area contributed by atoms with Gasteiger partial charge in [0.05, 0.1) is 17.6 Å². The summed E-state index contributed by atoms with van der Waals surface area (Å²) in [6, 6.07) is 8.38. The highest BCUT2D eigenvalue weighted by Crippen LogP contribution is 2.15. The summed E-state index contributed by atoms with van der Waals surface area (Å²) in [5.41, 5.74) is 2.09. The molecule has 0 radical (unpaired) electrons. The van der Waals surface area contributed by atoms with Crippen LogP contribution >= 0.6 is 0 Å². The van der Waals surface area contributed by atoms with Crippen LogP contribution in [0.25, 0.3) is 11.0 Å². The van der Waals surface area contributed by atoms with E-state index in [2.05, 4.69) is 33.2 Å². The van der Waals surface area contributed by atoms with E-state index in [9.17, 15) is 4.79 Å². The van der Waals surface area contributed by atoms with E-state index >= 15 is 0 Å². The summed E-state index contributed by atoms with van der Waals surface area (Å²) < 4.78 is 7.16. The van der Waals surface area contributed by atoms with Crippen LogP contribution in [0.15, 0.2) is 29.3 Å². The second kappa shape index (κ2) is 9.43. The maximum absolute atomic E-state index is 11.8. The Labute approximate surface area is 166 Å². The Morgan fingerprint density at radius 3 is 2.71 bits per heavy atom. The molecule has 3 rings (SSSR count). The van der Waals surface area contributed by atoms with Gasteiger partial charge in [0, 0.05) is 32.7 Å². The molecule has 2 aromatic rings. The number of likely N-dealkylation sites (tertiary alicyclic amines) is 1. The number of ether oxygens (including phenoxy) is 1. The molecule has 1 aromatic heterocycles. The molecular weight excluding hydrogens is 356 g/mol. The van der Waals surface area contributed by atoms with Crippen molar-refractivity contribution in [1.29, 1.82) is 0 Å². The minimum Gasteiger partial charge on any atom is -0.450 e. The van der Waals surface area contributed by atoms with E-state index in [1.54, 1.807) is 4.90 Å². The molecule has 8 heteroatoms. The summed E-state index contributed by atoms with van der Waals surface area (Å²) in [5.74, 6) is 1.71. The van der Waals surface area contributed by atoms with Crippen molar-refractivity contribution in [2.24, 2.45) is 12.0 Å². The third kappa shape index (κ3) is 4.74. The van der Waals surface area contributed by atoms with Crippen LogP contribution in [-0.2, 0) is 18.3 Å². The van der Waals surface area contributed by atoms with Gasteiger partial charge in [-0.25, -0.2) is 14.8 Å². The molecule has 28 heavy (non-hydrogen) atoms. The van der Waals surface area contributed by atoms with Crippen molar-refractivity contribution < 1.29 is 9.53 Å². The van der Waals surface area contributed by atoms with E-state index in [-0.39, 0.29) is 12.1 Å². The number of para-hydroxylation sites is 2. The van der Waals surface area contributed by atoms with Crippen LogP contribution in [0.2, 0.25) is 0 Å². The molecule has 1 fully saturated rings. The number of hydrogen-bond acceptors (Lipinski definition) is 4. The zero-order valence-electron chi connectivity index (χ0n) is 16.9. The summed E-state index contributed by atoms with van der Waals surface area (Å²) in [6.07, 6.45) is 1.52. The fourth-order valence-electron chi connectivity index (χ4n) is 3.42. The quantitative estimate of drug-likeness (QED) is 0.608. The van der Waals surface area contributed by atoms with Gasteiger partial charge >= 0.3 is 6.09 Å². The second-order valence-corrected chi connectivity index (χ2v) is 6.88. The van der Waals surface area contributed by atoms with Crippen LogP contribution in [0.3, 0.4) is 0 Å². The average Bonchev–Trinajstić information content (AvgIpc) is 3.03. The smallest absolute Gasteiger partial charge is 0.409 e. The van der Waals surface area contributed by atoms with E-state index in [4.69, 9.17) is 9.73 Å². The average molecular weight is 387 g/mol. The van der Waals surface area contributed by atoms with Gasteiger partial charge in [-0.3, -0.25) is 0 Å². The number of aromatic nitrogens is 2.